The molecule has 0 bridgehead atoms. The summed E-state index contributed by atoms with van der Waals surface area (Å²) in [5, 5.41) is 4.19. The molecule has 1 aliphatic carbocycles. The van der Waals surface area contributed by atoms with Crippen molar-refractivity contribution in [2.24, 2.45) is 0 Å². The van der Waals surface area contributed by atoms with Gasteiger partial charge < -0.3 is 14.6 Å². The largest absolute Gasteiger partial charge is 0.467 e. The van der Waals surface area contributed by atoms with Crippen molar-refractivity contribution in [3.8, 4) is 0 Å². The predicted octanol–water partition coefficient (Wildman–Crippen LogP) is 4.21. The second-order valence-electron chi connectivity index (χ2n) is 5.49. The molecule has 0 unspecified atom stereocenters. The van der Waals surface area contributed by atoms with E-state index in [4.69, 9.17) is 16.0 Å². The highest BCUT2D eigenvalue weighted by Gasteiger charge is 2.31. The number of hydrogen-bond acceptors (Lipinski definition) is 3. The van der Waals surface area contributed by atoms with E-state index in [0.717, 1.165) is 30.4 Å². The van der Waals surface area contributed by atoms with Crippen molar-refractivity contribution in [1.29, 1.82) is 0 Å². The zero-order valence-electron chi connectivity index (χ0n) is 12.3. The first-order valence-corrected chi connectivity index (χ1v) is 7.94. The lowest BCUT2D eigenvalue weighted by Crippen LogP contribution is -2.27. The standard InChI is InChI=1S/C17H21ClN2O/c1-2-19-11-13-5-6-14(18)10-17(13)20(15-7-8-15)12-16-4-3-9-21-16/h3-6,9-10,15,19H,2,7-8,11-12H2,1H3. The molecule has 1 aromatic heterocycles. The van der Waals surface area contributed by atoms with Gasteiger partial charge in [-0.2, -0.15) is 0 Å². The van der Waals surface area contributed by atoms with Gasteiger partial charge in [0, 0.05) is 23.3 Å². The molecule has 0 spiro atoms. The molecule has 0 atom stereocenters. The minimum Gasteiger partial charge on any atom is -0.467 e. The van der Waals surface area contributed by atoms with Crippen LogP contribution in [0, 0.1) is 0 Å². The quantitative estimate of drug-likeness (QED) is 0.830. The van der Waals surface area contributed by atoms with Crippen LogP contribution in [0.5, 0.6) is 0 Å². The van der Waals surface area contributed by atoms with E-state index < -0.39 is 0 Å². The van der Waals surface area contributed by atoms with Crippen molar-refractivity contribution in [2.75, 3.05) is 11.4 Å². The van der Waals surface area contributed by atoms with Crippen LogP contribution in [0.4, 0.5) is 5.69 Å². The van der Waals surface area contributed by atoms with Gasteiger partial charge in [0.15, 0.2) is 0 Å². The SMILES string of the molecule is CCNCc1ccc(Cl)cc1N(Cc1ccco1)C1CC1. The Hall–Kier alpha value is -1.45. The van der Waals surface area contributed by atoms with E-state index >= 15 is 0 Å². The Bertz CT molecular complexity index is 578. The maximum atomic E-state index is 6.23. The summed E-state index contributed by atoms with van der Waals surface area (Å²) in [5.74, 6) is 0.997. The predicted molar refractivity (Wildman–Crippen MR) is 86.7 cm³/mol. The third-order valence-electron chi connectivity index (χ3n) is 3.82. The number of nitrogens with zero attached hydrogens (tertiary/aromatic N) is 1. The molecule has 0 aliphatic heterocycles. The summed E-state index contributed by atoms with van der Waals surface area (Å²) < 4.78 is 5.52. The summed E-state index contributed by atoms with van der Waals surface area (Å²) in [7, 11) is 0. The molecule has 21 heavy (non-hydrogen) atoms. The smallest absolute Gasteiger partial charge is 0.123 e. The van der Waals surface area contributed by atoms with Gasteiger partial charge in [-0.05, 0) is 49.2 Å². The van der Waals surface area contributed by atoms with Gasteiger partial charge in [-0.15, -0.1) is 0 Å². The summed E-state index contributed by atoms with van der Waals surface area (Å²) in [6.07, 6.45) is 4.22. The molecule has 1 aromatic carbocycles. The van der Waals surface area contributed by atoms with Crippen molar-refractivity contribution in [3.63, 3.8) is 0 Å². The molecule has 0 radical (unpaired) electrons. The Balaban J connectivity index is 1.88. The van der Waals surface area contributed by atoms with E-state index in [1.54, 1.807) is 6.26 Å². The summed E-state index contributed by atoms with van der Waals surface area (Å²) in [4.78, 5) is 2.43. The maximum absolute atomic E-state index is 6.23. The molecule has 3 nitrogen and oxygen atoms in total. The van der Waals surface area contributed by atoms with Crippen LogP contribution in [0.2, 0.25) is 5.02 Å². The molecule has 1 heterocycles. The van der Waals surface area contributed by atoms with Crippen LogP contribution in [0.15, 0.2) is 41.0 Å². The molecular formula is C17H21ClN2O. The Kier molecular flexibility index (Phi) is 4.51. The number of nitrogens with one attached hydrogen (secondary N) is 1. The average Bonchev–Trinajstić information content (AvgIpc) is 3.20. The fourth-order valence-electron chi connectivity index (χ4n) is 2.58. The van der Waals surface area contributed by atoms with Crippen LogP contribution in [0.1, 0.15) is 31.1 Å². The number of furan rings is 1. The molecule has 3 rings (SSSR count). The number of anilines is 1. The van der Waals surface area contributed by atoms with Gasteiger partial charge in [-0.3, -0.25) is 0 Å². The van der Waals surface area contributed by atoms with Gasteiger partial charge in [0.25, 0.3) is 0 Å². The zero-order valence-corrected chi connectivity index (χ0v) is 13.1. The first kappa shape index (κ1) is 14.5. The van der Waals surface area contributed by atoms with E-state index in [1.807, 2.05) is 18.2 Å². The Labute approximate surface area is 130 Å². The monoisotopic (exact) mass is 304 g/mol. The topological polar surface area (TPSA) is 28.4 Å². The third kappa shape index (κ3) is 3.60. The first-order valence-electron chi connectivity index (χ1n) is 7.56. The minimum atomic E-state index is 0.606. The van der Waals surface area contributed by atoms with Crippen LogP contribution in [-0.4, -0.2) is 12.6 Å². The highest BCUT2D eigenvalue weighted by atomic mass is 35.5. The zero-order chi connectivity index (χ0) is 14.7. The van der Waals surface area contributed by atoms with Gasteiger partial charge >= 0.3 is 0 Å². The summed E-state index contributed by atoms with van der Waals surface area (Å²) >= 11 is 6.23. The first-order chi connectivity index (χ1) is 10.3. The Morgan fingerprint density at radius 2 is 2.19 bits per heavy atom. The van der Waals surface area contributed by atoms with Crippen molar-refractivity contribution in [3.05, 3.63) is 52.9 Å². The van der Waals surface area contributed by atoms with E-state index in [0.29, 0.717) is 6.04 Å². The molecule has 112 valence electrons. The van der Waals surface area contributed by atoms with Gasteiger partial charge in [-0.1, -0.05) is 24.6 Å². The van der Waals surface area contributed by atoms with Crippen molar-refractivity contribution < 1.29 is 4.42 Å². The average molecular weight is 305 g/mol. The molecule has 1 aliphatic rings. The second kappa shape index (κ2) is 6.54. The highest BCUT2D eigenvalue weighted by Crippen LogP contribution is 2.36. The number of hydrogen-bond donors (Lipinski definition) is 1. The van der Waals surface area contributed by atoms with Crippen LogP contribution in [-0.2, 0) is 13.1 Å². The van der Waals surface area contributed by atoms with E-state index in [9.17, 15) is 0 Å². The van der Waals surface area contributed by atoms with Gasteiger partial charge in [0.2, 0.25) is 0 Å². The lowest BCUT2D eigenvalue weighted by molar-refractivity contribution is 0.500. The molecule has 0 amide bonds. The Morgan fingerprint density at radius 3 is 2.86 bits per heavy atom. The number of halogens is 1. The molecule has 4 heteroatoms. The fourth-order valence-corrected chi connectivity index (χ4v) is 2.75. The van der Waals surface area contributed by atoms with E-state index in [1.165, 1.54) is 24.1 Å². The molecule has 1 fully saturated rings. The van der Waals surface area contributed by atoms with Crippen LogP contribution >= 0.6 is 11.6 Å². The van der Waals surface area contributed by atoms with Crippen molar-refractivity contribution in [2.45, 2.75) is 38.9 Å². The van der Waals surface area contributed by atoms with Crippen LogP contribution in [0.25, 0.3) is 0 Å². The van der Waals surface area contributed by atoms with E-state index in [2.05, 4.69) is 29.3 Å². The van der Waals surface area contributed by atoms with Gasteiger partial charge in [0.1, 0.15) is 5.76 Å². The summed E-state index contributed by atoms with van der Waals surface area (Å²) in [6, 6.07) is 10.7. The Morgan fingerprint density at radius 1 is 1.33 bits per heavy atom. The molecule has 1 saturated carbocycles. The summed E-state index contributed by atoms with van der Waals surface area (Å²) in [6.45, 7) is 4.75. The number of rotatable bonds is 7. The highest BCUT2D eigenvalue weighted by molar-refractivity contribution is 6.30. The fraction of sp³-hybridized carbons (Fsp3) is 0.412. The third-order valence-corrected chi connectivity index (χ3v) is 4.05. The number of benzene rings is 1. The lowest BCUT2D eigenvalue weighted by atomic mass is 10.1. The lowest BCUT2D eigenvalue weighted by Gasteiger charge is -2.26. The maximum Gasteiger partial charge on any atom is 0.123 e. The van der Waals surface area contributed by atoms with Crippen molar-refractivity contribution in [1.82, 2.24) is 5.32 Å². The second-order valence-corrected chi connectivity index (χ2v) is 5.93. The van der Waals surface area contributed by atoms with Gasteiger partial charge in [-0.25, -0.2) is 0 Å². The molecule has 1 N–H and O–H groups in total. The van der Waals surface area contributed by atoms with Crippen LogP contribution in [0.3, 0.4) is 0 Å². The van der Waals surface area contributed by atoms with Crippen LogP contribution < -0.4 is 10.2 Å². The minimum absolute atomic E-state index is 0.606. The normalized spacial score (nSPS) is 14.4. The molecular weight excluding hydrogens is 284 g/mol. The summed E-state index contributed by atoms with van der Waals surface area (Å²) in [5.41, 5.74) is 2.52. The molecule has 0 saturated heterocycles. The van der Waals surface area contributed by atoms with E-state index in [-0.39, 0.29) is 0 Å². The molecule has 2 aromatic rings. The van der Waals surface area contributed by atoms with Gasteiger partial charge in [0.05, 0.1) is 12.8 Å². The van der Waals surface area contributed by atoms with Crippen molar-refractivity contribution >= 4 is 17.3 Å².